The number of carbonyl (C=O) groups is 2. The monoisotopic (exact) mass is 531 g/mol. The molecular formula is C30H31O7Si. The molecule has 1 radical (unpaired) electrons. The summed E-state index contributed by atoms with van der Waals surface area (Å²) in [4.78, 5) is 24.3. The number of carbonyl (C=O) groups excluding carboxylic acids is 1. The Morgan fingerprint density at radius 2 is 1.63 bits per heavy atom. The Hall–Kier alpha value is -3.62. The minimum absolute atomic E-state index is 0.215. The second-order valence-corrected chi connectivity index (χ2v) is 12.8. The van der Waals surface area contributed by atoms with Gasteiger partial charge in [-0.3, -0.25) is 0 Å². The molecule has 1 N–H and O–H groups in total. The van der Waals surface area contributed by atoms with Crippen LogP contribution in [0.2, 0.25) is 0 Å². The van der Waals surface area contributed by atoms with Crippen LogP contribution in [0.1, 0.15) is 27.2 Å². The average Bonchev–Trinajstić information content (AvgIpc) is 3.24. The van der Waals surface area contributed by atoms with E-state index in [1.807, 2.05) is 60.7 Å². The highest BCUT2D eigenvalue weighted by Crippen LogP contribution is 2.54. The van der Waals surface area contributed by atoms with Gasteiger partial charge in [0.05, 0.1) is 0 Å². The summed E-state index contributed by atoms with van der Waals surface area (Å²) in [5, 5.41) is 11.1. The maximum absolute atomic E-state index is 13.3. The quantitative estimate of drug-likeness (QED) is 0.352. The van der Waals surface area contributed by atoms with E-state index in [4.69, 9.17) is 23.7 Å². The van der Waals surface area contributed by atoms with Crippen LogP contribution < -0.4 is 24.6 Å². The van der Waals surface area contributed by atoms with Crippen molar-refractivity contribution in [3.63, 3.8) is 0 Å². The van der Waals surface area contributed by atoms with Gasteiger partial charge in [0.15, 0.2) is 36.1 Å². The number of para-hydroxylation sites is 1. The molecule has 5 rings (SSSR count). The fourth-order valence-corrected chi connectivity index (χ4v) is 7.75. The molecule has 0 aromatic heterocycles. The highest BCUT2D eigenvalue weighted by molar-refractivity contribution is 6.80. The topological polar surface area (TPSA) is 91.3 Å². The number of carboxylic acids is 1. The Balaban J connectivity index is 1.58. The molecule has 0 unspecified atom stereocenters. The van der Waals surface area contributed by atoms with Crippen LogP contribution in [0.25, 0.3) is 0 Å². The molecule has 7 nitrogen and oxygen atoms in total. The lowest BCUT2D eigenvalue weighted by molar-refractivity contribution is -0.142. The van der Waals surface area contributed by atoms with Crippen molar-refractivity contribution in [1.82, 2.24) is 0 Å². The second kappa shape index (κ2) is 10.3. The zero-order valence-electron chi connectivity index (χ0n) is 21.6. The minimum Gasteiger partial charge on any atom is -0.479 e. The van der Waals surface area contributed by atoms with Gasteiger partial charge in [-0.2, -0.15) is 0 Å². The molecule has 0 amide bonds. The van der Waals surface area contributed by atoms with E-state index >= 15 is 0 Å². The number of aliphatic carboxylic acids is 1. The summed E-state index contributed by atoms with van der Waals surface area (Å²) in [6.07, 6.45) is 0.266. The number of rotatable bonds is 8. The third kappa shape index (κ3) is 4.81. The molecule has 0 bridgehead atoms. The van der Waals surface area contributed by atoms with Crippen LogP contribution in [0.15, 0.2) is 78.9 Å². The summed E-state index contributed by atoms with van der Waals surface area (Å²) in [5.41, 5.74) is -1.58. The van der Waals surface area contributed by atoms with Gasteiger partial charge in [-0.1, -0.05) is 87.5 Å². The van der Waals surface area contributed by atoms with E-state index in [-0.39, 0.29) is 11.3 Å². The van der Waals surface area contributed by atoms with E-state index in [0.29, 0.717) is 23.7 Å². The van der Waals surface area contributed by atoms with E-state index in [0.717, 1.165) is 16.7 Å². The summed E-state index contributed by atoms with van der Waals surface area (Å²) in [6, 6.07) is 25.1. The van der Waals surface area contributed by atoms with Crippen molar-refractivity contribution < 1.29 is 33.3 Å². The smallest absolute Gasteiger partial charge is 0.341 e. The molecule has 1 fully saturated rings. The summed E-state index contributed by atoms with van der Waals surface area (Å²) in [7, 11) is -1.85. The molecule has 197 valence electrons. The number of hydrogen-bond donors (Lipinski definition) is 1. The van der Waals surface area contributed by atoms with Gasteiger partial charge in [-0.15, -0.1) is 0 Å². The third-order valence-electron chi connectivity index (χ3n) is 7.19. The molecule has 1 aliphatic heterocycles. The predicted molar refractivity (Wildman–Crippen MR) is 144 cm³/mol. The third-order valence-corrected chi connectivity index (χ3v) is 9.47. The van der Waals surface area contributed by atoms with E-state index in [1.54, 1.807) is 18.2 Å². The lowest BCUT2D eigenvalue weighted by Crippen LogP contribution is -2.62. The van der Waals surface area contributed by atoms with Crippen LogP contribution in [0.4, 0.5) is 0 Å². The molecule has 1 aliphatic carbocycles. The van der Waals surface area contributed by atoms with Crippen molar-refractivity contribution in [1.29, 1.82) is 0 Å². The number of carboxylic acid groups (broad SMARTS) is 1. The summed E-state index contributed by atoms with van der Waals surface area (Å²) in [5.74, 6) is -0.269. The van der Waals surface area contributed by atoms with Gasteiger partial charge < -0.3 is 28.5 Å². The molecule has 38 heavy (non-hydrogen) atoms. The van der Waals surface area contributed by atoms with E-state index in [1.165, 1.54) is 0 Å². The molecule has 1 saturated carbocycles. The van der Waals surface area contributed by atoms with Crippen molar-refractivity contribution in [2.45, 2.75) is 45.0 Å². The lowest BCUT2D eigenvalue weighted by Gasteiger charge is -2.44. The maximum atomic E-state index is 13.3. The van der Waals surface area contributed by atoms with Gasteiger partial charge in [0, 0.05) is 5.92 Å². The highest BCUT2D eigenvalue weighted by Gasteiger charge is 2.64. The van der Waals surface area contributed by atoms with E-state index < -0.39 is 39.4 Å². The standard InChI is InChI=1S/C30H31O7Si/c1-29(2,3)25-17-24-28(36-23-16-10-15-22(27(23)35-24)34-18-26(32)33)30(25,19-31)37-38(20-11-6-4-7-12-20)21-13-8-5-9-14-21/h4-16,19,24-25,28H,17-18H2,1-3H3,(H,32,33)/t24-,25+,28+,30+/m0/s1. The molecule has 8 heteroatoms. The number of aldehydes is 1. The van der Waals surface area contributed by atoms with Crippen LogP contribution in [0.3, 0.4) is 0 Å². The second-order valence-electron chi connectivity index (χ2n) is 10.7. The first kappa shape index (κ1) is 26.0. The van der Waals surface area contributed by atoms with E-state index in [2.05, 4.69) is 20.8 Å². The number of fused-ring (bicyclic) bond motifs is 2. The van der Waals surface area contributed by atoms with Crippen LogP contribution >= 0.6 is 0 Å². The van der Waals surface area contributed by atoms with Crippen LogP contribution in [0.5, 0.6) is 17.2 Å². The molecule has 0 saturated heterocycles. The Labute approximate surface area is 224 Å². The van der Waals surface area contributed by atoms with Gasteiger partial charge in [0.25, 0.3) is 9.04 Å². The molecule has 2 aliphatic rings. The van der Waals surface area contributed by atoms with E-state index in [9.17, 15) is 9.59 Å². The largest absolute Gasteiger partial charge is 0.479 e. The van der Waals surface area contributed by atoms with Gasteiger partial charge in [0.1, 0.15) is 6.10 Å². The van der Waals surface area contributed by atoms with Gasteiger partial charge >= 0.3 is 5.97 Å². The van der Waals surface area contributed by atoms with Crippen molar-refractivity contribution in [3.05, 3.63) is 78.9 Å². The molecular weight excluding hydrogens is 500 g/mol. The Bertz CT molecular complexity index is 1250. The fourth-order valence-electron chi connectivity index (χ4n) is 5.53. The highest BCUT2D eigenvalue weighted by atomic mass is 28.3. The van der Waals surface area contributed by atoms with Crippen LogP contribution in [-0.4, -0.2) is 50.8 Å². The maximum Gasteiger partial charge on any atom is 0.341 e. The molecule has 1 heterocycles. The van der Waals surface area contributed by atoms with Gasteiger partial charge in [-0.25, -0.2) is 4.79 Å². The molecule has 4 atom stereocenters. The molecule has 0 spiro atoms. The lowest BCUT2D eigenvalue weighted by atomic mass is 9.72. The fraction of sp³-hybridized carbons (Fsp3) is 0.333. The SMILES string of the molecule is CC(C)(C)[C@H]1C[C@@H]2Oc3c(OCC(=O)O)cccc3O[C@H]2[C@]1(C=O)O[Si](c1ccccc1)c1ccccc1. The van der Waals surface area contributed by atoms with Crippen molar-refractivity contribution >= 4 is 31.7 Å². The first-order chi connectivity index (χ1) is 18.2. The normalized spacial score (nSPS) is 24.1. The van der Waals surface area contributed by atoms with Crippen LogP contribution in [0, 0.1) is 11.3 Å². The van der Waals surface area contributed by atoms with Crippen molar-refractivity contribution in [2.75, 3.05) is 6.61 Å². The summed E-state index contributed by atoms with van der Waals surface area (Å²) >= 11 is 0. The number of ether oxygens (including phenoxy) is 3. The molecule has 3 aromatic rings. The number of benzene rings is 3. The zero-order valence-corrected chi connectivity index (χ0v) is 22.6. The first-order valence-electron chi connectivity index (χ1n) is 12.7. The van der Waals surface area contributed by atoms with Crippen molar-refractivity contribution in [2.24, 2.45) is 11.3 Å². The van der Waals surface area contributed by atoms with Crippen LogP contribution in [-0.2, 0) is 14.0 Å². The minimum atomic E-state index is -1.85. The molecule has 3 aromatic carbocycles. The average molecular weight is 532 g/mol. The summed E-state index contributed by atoms with van der Waals surface area (Å²) < 4.78 is 25.5. The Kier molecular flexibility index (Phi) is 7.03. The first-order valence-corrected chi connectivity index (χ1v) is 14.1. The predicted octanol–water partition coefficient (Wildman–Crippen LogP) is 3.48. The van der Waals surface area contributed by atoms with Gasteiger partial charge in [0.2, 0.25) is 5.75 Å². The van der Waals surface area contributed by atoms with Gasteiger partial charge in [-0.05, 0) is 34.3 Å². The summed E-state index contributed by atoms with van der Waals surface area (Å²) in [6.45, 7) is 5.80. The Morgan fingerprint density at radius 1 is 1.00 bits per heavy atom. The zero-order chi connectivity index (χ0) is 26.9. The van der Waals surface area contributed by atoms with Crippen molar-refractivity contribution in [3.8, 4) is 17.2 Å². The Morgan fingerprint density at radius 3 is 2.18 bits per heavy atom. The number of hydrogen-bond acceptors (Lipinski definition) is 6.